The van der Waals surface area contributed by atoms with Gasteiger partial charge in [-0.25, -0.2) is 0 Å². The van der Waals surface area contributed by atoms with Crippen molar-refractivity contribution in [2.75, 3.05) is 6.54 Å². The van der Waals surface area contributed by atoms with E-state index in [0.29, 0.717) is 5.56 Å². The normalized spacial score (nSPS) is 10.7. The van der Waals surface area contributed by atoms with Gasteiger partial charge in [-0.3, -0.25) is 25.2 Å². The van der Waals surface area contributed by atoms with Crippen molar-refractivity contribution in [3.8, 4) is 0 Å². The van der Waals surface area contributed by atoms with Crippen LogP contribution in [0, 0.1) is 8.99 Å². The molecule has 0 radical (unpaired) electrons. The molecule has 0 aromatic heterocycles. The maximum Gasteiger partial charge on any atom is 0.257 e. The first-order valence-electron chi connectivity index (χ1n) is 6.34. The maximum absolute atomic E-state index is 11.9. The molecule has 0 aliphatic rings. The van der Waals surface area contributed by atoms with Gasteiger partial charge < -0.3 is 5.32 Å². The van der Waals surface area contributed by atoms with Gasteiger partial charge in [0.05, 0.1) is 12.1 Å². The molecule has 0 atom stereocenters. The lowest BCUT2D eigenvalue weighted by atomic mass is 9.96. The fourth-order valence-electron chi connectivity index (χ4n) is 1.26. The highest BCUT2D eigenvalue weighted by Gasteiger charge is 2.21. The van der Waals surface area contributed by atoms with Crippen LogP contribution in [0.2, 0.25) is 0 Å². The highest BCUT2D eigenvalue weighted by Crippen LogP contribution is 2.12. The van der Waals surface area contributed by atoms with E-state index in [2.05, 4.69) is 16.2 Å². The Labute approximate surface area is 137 Å². The monoisotopic (exact) mass is 403 g/mol. The zero-order chi connectivity index (χ0) is 16.0. The fourth-order valence-corrected chi connectivity index (χ4v) is 1.89. The number of rotatable bonds is 3. The van der Waals surface area contributed by atoms with Gasteiger partial charge >= 0.3 is 0 Å². The molecule has 3 amide bonds. The smallest absolute Gasteiger partial charge is 0.257 e. The van der Waals surface area contributed by atoms with Crippen LogP contribution < -0.4 is 16.2 Å². The largest absolute Gasteiger partial charge is 0.343 e. The number of halogens is 1. The van der Waals surface area contributed by atoms with Crippen molar-refractivity contribution < 1.29 is 14.4 Å². The average Bonchev–Trinajstić information content (AvgIpc) is 2.41. The SMILES string of the molecule is CC(C)(C)C(=O)NNC(=O)CNC(=O)c1ccccc1I. The summed E-state index contributed by atoms with van der Waals surface area (Å²) >= 11 is 2.05. The fraction of sp³-hybridized carbons (Fsp3) is 0.357. The molecule has 1 rings (SSSR count). The van der Waals surface area contributed by atoms with Gasteiger partial charge in [-0.1, -0.05) is 32.9 Å². The molecule has 114 valence electrons. The molecule has 0 saturated carbocycles. The van der Waals surface area contributed by atoms with Crippen molar-refractivity contribution >= 4 is 40.3 Å². The Balaban J connectivity index is 2.42. The lowest BCUT2D eigenvalue weighted by molar-refractivity contribution is -0.133. The molecule has 6 nitrogen and oxygen atoms in total. The zero-order valence-corrected chi connectivity index (χ0v) is 14.3. The third kappa shape index (κ3) is 5.70. The van der Waals surface area contributed by atoms with Crippen LogP contribution >= 0.6 is 22.6 Å². The quantitative estimate of drug-likeness (QED) is 0.524. The summed E-state index contributed by atoms with van der Waals surface area (Å²) in [5.74, 6) is -1.14. The van der Waals surface area contributed by atoms with Crippen LogP contribution in [0.3, 0.4) is 0 Å². The molecular formula is C14H18IN3O3. The molecule has 0 bridgehead atoms. The second kappa shape index (κ2) is 7.39. The van der Waals surface area contributed by atoms with Gasteiger partial charge in [0, 0.05) is 8.99 Å². The molecule has 1 aromatic carbocycles. The first kappa shape index (κ1) is 17.4. The molecule has 0 saturated heterocycles. The predicted octanol–water partition coefficient (Wildman–Crippen LogP) is 1.21. The lowest BCUT2D eigenvalue weighted by Gasteiger charge is -2.18. The summed E-state index contributed by atoms with van der Waals surface area (Å²) in [7, 11) is 0. The average molecular weight is 403 g/mol. The number of benzene rings is 1. The molecule has 3 N–H and O–H groups in total. The maximum atomic E-state index is 11.9. The number of carbonyl (C=O) groups excluding carboxylic acids is 3. The van der Waals surface area contributed by atoms with Gasteiger partial charge in [0.15, 0.2) is 0 Å². The first-order valence-corrected chi connectivity index (χ1v) is 7.41. The minimum Gasteiger partial charge on any atom is -0.343 e. The molecule has 21 heavy (non-hydrogen) atoms. The molecule has 0 aliphatic carbocycles. The second-order valence-corrected chi connectivity index (χ2v) is 6.58. The first-order chi connectivity index (χ1) is 9.71. The van der Waals surface area contributed by atoms with Crippen LogP contribution in [0.5, 0.6) is 0 Å². The molecule has 0 aliphatic heterocycles. The van der Waals surface area contributed by atoms with E-state index in [1.165, 1.54) is 0 Å². The summed E-state index contributed by atoms with van der Waals surface area (Å²) < 4.78 is 0.800. The van der Waals surface area contributed by atoms with E-state index in [1.54, 1.807) is 39.0 Å². The molecule has 0 unspecified atom stereocenters. The molecule has 7 heteroatoms. The van der Waals surface area contributed by atoms with Gasteiger partial charge in [-0.05, 0) is 34.7 Å². The summed E-state index contributed by atoms with van der Waals surface area (Å²) in [4.78, 5) is 35.0. The third-order valence-corrected chi connectivity index (χ3v) is 3.47. The number of hydrogen-bond donors (Lipinski definition) is 3. The topological polar surface area (TPSA) is 87.3 Å². The van der Waals surface area contributed by atoms with E-state index in [-0.39, 0.29) is 18.4 Å². The van der Waals surface area contributed by atoms with Gasteiger partial charge in [-0.2, -0.15) is 0 Å². The van der Waals surface area contributed by atoms with Crippen molar-refractivity contribution in [2.24, 2.45) is 5.41 Å². The predicted molar refractivity (Wildman–Crippen MR) is 87.2 cm³/mol. The summed E-state index contributed by atoms with van der Waals surface area (Å²) in [6.45, 7) is 4.98. The second-order valence-electron chi connectivity index (χ2n) is 5.41. The van der Waals surface area contributed by atoms with Crippen molar-refractivity contribution in [1.29, 1.82) is 0 Å². The highest BCUT2D eigenvalue weighted by molar-refractivity contribution is 14.1. The Morgan fingerprint density at radius 3 is 2.29 bits per heavy atom. The Morgan fingerprint density at radius 2 is 1.71 bits per heavy atom. The lowest BCUT2D eigenvalue weighted by Crippen LogP contribution is -2.49. The molecule has 0 heterocycles. The Morgan fingerprint density at radius 1 is 1.10 bits per heavy atom. The Kier molecular flexibility index (Phi) is 6.13. The Hall–Kier alpha value is -1.64. The van der Waals surface area contributed by atoms with Crippen molar-refractivity contribution in [2.45, 2.75) is 20.8 Å². The summed E-state index contributed by atoms with van der Waals surface area (Å²) in [6.07, 6.45) is 0. The van der Waals surface area contributed by atoms with E-state index in [0.717, 1.165) is 3.57 Å². The van der Waals surface area contributed by atoms with Crippen molar-refractivity contribution in [3.63, 3.8) is 0 Å². The van der Waals surface area contributed by atoms with Crippen LogP contribution in [0.1, 0.15) is 31.1 Å². The highest BCUT2D eigenvalue weighted by atomic mass is 127. The summed E-state index contributed by atoms with van der Waals surface area (Å²) in [5.41, 5.74) is 4.47. The standard InChI is InChI=1S/C14H18IN3O3/c1-14(2,3)13(21)18-17-11(19)8-16-12(20)9-6-4-5-7-10(9)15/h4-7H,8H2,1-3H3,(H,16,20)(H,17,19)(H,18,21). The van der Waals surface area contributed by atoms with Crippen LogP contribution in [-0.4, -0.2) is 24.3 Å². The minimum atomic E-state index is -0.601. The number of carbonyl (C=O) groups is 3. The molecule has 0 fully saturated rings. The van der Waals surface area contributed by atoms with Crippen molar-refractivity contribution in [1.82, 2.24) is 16.2 Å². The molecule has 1 aromatic rings. The van der Waals surface area contributed by atoms with Crippen LogP contribution in [-0.2, 0) is 9.59 Å². The summed E-state index contributed by atoms with van der Waals surface area (Å²) in [5, 5.41) is 2.49. The molecule has 0 spiro atoms. The number of hydrogen-bond acceptors (Lipinski definition) is 3. The summed E-state index contributed by atoms with van der Waals surface area (Å²) in [6, 6.07) is 7.06. The van der Waals surface area contributed by atoms with Crippen LogP contribution in [0.25, 0.3) is 0 Å². The third-order valence-electron chi connectivity index (χ3n) is 2.52. The van der Waals surface area contributed by atoms with E-state index >= 15 is 0 Å². The van der Waals surface area contributed by atoms with Gasteiger partial charge in [-0.15, -0.1) is 0 Å². The van der Waals surface area contributed by atoms with E-state index in [4.69, 9.17) is 0 Å². The number of amides is 3. The Bertz CT molecular complexity index is 553. The number of hydrazine groups is 1. The zero-order valence-electron chi connectivity index (χ0n) is 12.1. The minimum absolute atomic E-state index is 0.214. The van der Waals surface area contributed by atoms with Gasteiger partial charge in [0.1, 0.15) is 0 Å². The van der Waals surface area contributed by atoms with E-state index in [1.807, 2.05) is 28.7 Å². The van der Waals surface area contributed by atoms with Crippen LogP contribution in [0.4, 0.5) is 0 Å². The number of nitrogens with one attached hydrogen (secondary N) is 3. The van der Waals surface area contributed by atoms with Gasteiger partial charge in [0.25, 0.3) is 11.8 Å². The van der Waals surface area contributed by atoms with Crippen LogP contribution in [0.15, 0.2) is 24.3 Å². The molecular weight excluding hydrogens is 385 g/mol. The van der Waals surface area contributed by atoms with Gasteiger partial charge in [0.2, 0.25) is 5.91 Å². The van der Waals surface area contributed by atoms with E-state index in [9.17, 15) is 14.4 Å². The van der Waals surface area contributed by atoms with E-state index < -0.39 is 11.3 Å². The van der Waals surface area contributed by atoms with Crippen molar-refractivity contribution in [3.05, 3.63) is 33.4 Å².